The molecule has 1 aromatic heterocycles. The van der Waals surface area contributed by atoms with Crippen LogP contribution in [0, 0.1) is 0 Å². The predicted octanol–water partition coefficient (Wildman–Crippen LogP) is 2.20. The summed E-state index contributed by atoms with van der Waals surface area (Å²) in [5.41, 5.74) is 0. The second-order valence-corrected chi connectivity index (χ2v) is 5.53. The third kappa shape index (κ3) is 3.17. The lowest BCUT2D eigenvalue weighted by atomic mass is 10.2. The molecule has 4 nitrogen and oxygen atoms in total. The first-order valence-electron chi connectivity index (χ1n) is 5.13. The monoisotopic (exact) mass is 262 g/mol. The van der Waals surface area contributed by atoms with Crippen molar-refractivity contribution in [2.45, 2.75) is 37.6 Å². The van der Waals surface area contributed by atoms with Crippen LogP contribution in [0.2, 0.25) is 5.02 Å². The maximum absolute atomic E-state index is 11.9. The Labute approximate surface area is 101 Å². The van der Waals surface area contributed by atoms with Crippen LogP contribution in [0.3, 0.4) is 0 Å². The van der Waals surface area contributed by atoms with Gasteiger partial charge in [-0.05, 0) is 18.9 Å². The van der Waals surface area contributed by atoms with Gasteiger partial charge in [0.15, 0.2) is 0 Å². The SMILES string of the molecule is CCC(CC)NS(=O)(=O)c1cnccc1Cl. The van der Waals surface area contributed by atoms with Gasteiger partial charge < -0.3 is 0 Å². The van der Waals surface area contributed by atoms with Gasteiger partial charge in [-0.1, -0.05) is 25.4 Å². The summed E-state index contributed by atoms with van der Waals surface area (Å²) < 4.78 is 26.5. The van der Waals surface area contributed by atoms with E-state index in [4.69, 9.17) is 11.6 Å². The molecule has 0 aliphatic rings. The molecule has 0 unspecified atom stereocenters. The summed E-state index contributed by atoms with van der Waals surface area (Å²) in [6.45, 7) is 3.86. The third-order valence-corrected chi connectivity index (χ3v) is 4.32. The van der Waals surface area contributed by atoms with Crippen molar-refractivity contribution >= 4 is 21.6 Å². The minimum Gasteiger partial charge on any atom is -0.263 e. The molecule has 0 amide bonds. The van der Waals surface area contributed by atoms with E-state index in [1.54, 1.807) is 0 Å². The number of pyridine rings is 1. The first-order valence-corrected chi connectivity index (χ1v) is 6.99. The van der Waals surface area contributed by atoms with Gasteiger partial charge in [0.2, 0.25) is 10.0 Å². The van der Waals surface area contributed by atoms with E-state index in [-0.39, 0.29) is 16.0 Å². The number of hydrogen-bond acceptors (Lipinski definition) is 3. The number of halogens is 1. The summed E-state index contributed by atoms with van der Waals surface area (Å²) in [5, 5.41) is 0.188. The van der Waals surface area contributed by atoms with Crippen LogP contribution >= 0.6 is 11.6 Å². The van der Waals surface area contributed by atoms with E-state index in [2.05, 4.69) is 9.71 Å². The Balaban J connectivity index is 2.99. The fourth-order valence-electron chi connectivity index (χ4n) is 1.30. The molecule has 0 aromatic carbocycles. The van der Waals surface area contributed by atoms with Gasteiger partial charge >= 0.3 is 0 Å². The summed E-state index contributed by atoms with van der Waals surface area (Å²) >= 11 is 5.82. The highest BCUT2D eigenvalue weighted by Crippen LogP contribution is 2.19. The van der Waals surface area contributed by atoms with Crippen molar-refractivity contribution in [3.63, 3.8) is 0 Å². The fraction of sp³-hybridized carbons (Fsp3) is 0.500. The van der Waals surface area contributed by atoms with Gasteiger partial charge in [-0.2, -0.15) is 0 Å². The summed E-state index contributed by atoms with van der Waals surface area (Å²) in [6.07, 6.45) is 4.20. The molecule has 0 saturated carbocycles. The second kappa shape index (κ2) is 5.61. The maximum Gasteiger partial charge on any atom is 0.243 e. The van der Waals surface area contributed by atoms with Crippen LogP contribution in [0.1, 0.15) is 26.7 Å². The van der Waals surface area contributed by atoms with Crippen molar-refractivity contribution in [1.29, 1.82) is 0 Å². The lowest BCUT2D eigenvalue weighted by Crippen LogP contribution is -2.34. The molecule has 6 heteroatoms. The highest BCUT2D eigenvalue weighted by molar-refractivity contribution is 7.89. The summed E-state index contributed by atoms with van der Waals surface area (Å²) in [5.74, 6) is 0. The molecule has 1 heterocycles. The normalized spacial score (nSPS) is 12.0. The first kappa shape index (κ1) is 13.4. The van der Waals surface area contributed by atoms with Crippen LogP contribution in [-0.4, -0.2) is 19.4 Å². The Morgan fingerprint density at radius 1 is 1.44 bits per heavy atom. The Morgan fingerprint density at radius 3 is 2.56 bits per heavy atom. The largest absolute Gasteiger partial charge is 0.263 e. The summed E-state index contributed by atoms with van der Waals surface area (Å²) in [7, 11) is -3.56. The van der Waals surface area contributed by atoms with E-state index in [1.807, 2.05) is 13.8 Å². The van der Waals surface area contributed by atoms with Crippen molar-refractivity contribution in [1.82, 2.24) is 9.71 Å². The van der Waals surface area contributed by atoms with E-state index in [0.29, 0.717) is 0 Å². The molecule has 0 aliphatic heterocycles. The molecule has 0 saturated heterocycles. The minimum atomic E-state index is -3.56. The van der Waals surface area contributed by atoms with Crippen LogP contribution < -0.4 is 4.72 Å². The number of aromatic nitrogens is 1. The highest BCUT2D eigenvalue weighted by atomic mass is 35.5. The molecular formula is C10H15ClN2O2S. The van der Waals surface area contributed by atoms with Crippen LogP contribution in [0.15, 0.2) is 23.4 Å². The quantitative estimate of drug-likeness (QED) is 0.885. The molecule has 0 spiro atoms. The Bertz CT molecular complexity index is 444. The Kier molecular flexibility index (Phi) is 4.70. The van der Waals surface area contributed by atoms with Crippen LogP contribution in [0.4, 0.5) is 0 Å². The summed E-state index contributed by atoms with van der Waals surface area (Å²) in [6, 6.07) is 1.39. The van der Waals surface area contributed by atoms with E-state index < -0.39 is 10.0 Å². The number of sulfonamides is 1. The smallest absolute Gasteiger partial charge is 0.243 e. The highest BCUT2D eigenvalue weighted by Gasteiger charge is 2.20. The summed E-state index contributed by atoms with van der Waals surface area (Å²) in [4.78, 5) is 3.80. The van der Waals surface area contributed by atoms with Crippen LogP contribution in [0.25, 0.3) is 0 Å². The van der Waals surface area contributed by atoms with E-state index in [9.17, 15) is 8.42 Å². The van der Waals surface area contributed by atoms with E-state index >= 15 is 0 Å². The maximum atomic E-state index is 11.9. The molecular weight excluding hydrogens is 248 g/mol. The zero-order chi connectivity index (χ0) is 12.2. The van der Waals surface area contributed by atoms with Gasteiger partial charge in [0.05, 0.1) is 5.02 Å². The second-order valence-electron chi connectivity index (χ2n) is 3.44. The molecule has 90 valence electrons. The molecule has 1 N–H and O–H groups in total. The van der Waals surface area contributed by atoms with Crippen molar-refractivity contribution in [3.05, 3.63) is 23.5 Å². The van der Waals surface area contributed by atoms with E-state index in [0.717, 1.165) is 12.8 Å². The lowest BCUT2D eigenvalue weighted by molar-refractivity contribution is 0.530. The van der Waals surface area contributed by atoms with Crippen LogP contribution in [0.5, 0.6) is 0 Å². The van der Waals surface area contributed by atoms with Gasteiger partial charge in [-0.15, -0.1) is 0 Å². The van der Waals surface area contributed by atoms with Gasteiger partial charge in [0.1, 0.15) is 4.90 Å². The standard InChI is InChI=1S/C10H15ClN2O2S/c1-3-8(4-2)13-16(14,15)10-7-12-6-5-9(10)11/h5-8,13H,3-4H2,1-2H3. The third-order valence-electron chi connectivity index (χ3n) is 2.33. The minimum absolute atomic E-state index is 0.0311. The van der Waals surface area contributed by atoms with Gasteiger partial charge in [0, 0.05) is 18.4 Å². The Morgan fingerprint density at radius 2 is 2.06 bits per heavy atom. The average molecular weight is 263 g/mol. The van der Waals surface area contributed by atoms with Crippen molar-refractivity contribution in [2.75, 3.05) is 0 Å². The zero-order valence-corrected chi connectivity index (χ0v) is 10.8. The first-order chi connectivity index (χ1) is 7.51. The zero-order valence-electron chi connectivity index (χ0n) is 9.27. The molecule has 16 heavy (non-hydrogen) atoms. The number of rotatable bonds is 5. The topological polar surface area (TPSA) is 59.1 Å². The van der Waals surface area contributed by atoms with Crippen molar-refractivity contribution in [2.24, 2.45) is 0 Å². The molecule has 0 aliphatic carbocycles. The molecule has 0 bridgehead atoms. The van der Waals surface area contributed by atoms with Crippen molar-refractivity contribution < 1.29 is 8.42 Å². The average Bonchev–Trinajstić information content (AvgIpc) is 2.26. The molecule has 0 radical (unpaired) electrons. The van der Waals surface area contributed by atoms with Gasteiger partial charge in [0.25, 0.3) is 0 Å². The molecule has 0 atom stereocenters. The van der Waals surface area contributed by atoms with Gasteiger partial charge in [-0.25, -0.2) is 13.1 Å². The molecule has 0 fully saturated rings. The van der Waals surface area contributed by atoms with Crippen LogP contribution in [-0.2, 0) is 10.0 Å². The Hall–Kier alpha value is -0.650. The molecule has 1 aromatic rings. The molecule has 1 rings (SSSR count). The fourth-order valence-corrected chi connectivity index (χ4v) is 3.13. The van der Waals surface area contributed by atoms with Gasteiger partial charge in [-0.3, -0.25) is 4.98 Å². The lowest BCUT2D eigenvalue weighted by Gasteiger charge is -2.15. The van der Waals surface area contributed by atoms with E-state index in [1.165, 1.54) is 18.5 Å². The van der Waals surface area contributed by atoms with Crippen molar-refractivity contribution in [3.8, 4) is 0 Å². The number of nitrogens with zero attached hydrogens (tertiary/aromatic N) is 1. The number of hydrogen-bond donors (Lipinski definition) is 1. The predicted molar refractivity (Wildman–Crippen MR) is 63.9 cm³/mol. The number of nitrogens with one attached hydrogen (secondary N) is 1.